The molecule has 0 bridgehead atoms. The molecular formula is C24H30N2O6. The quantitative estimate of drug-likeness (QED) is 0.556. The molecule has 0 unspecified atom stereocenters. The molecule has 8 nitrogen and oxygen atoms in total. The summed E-state index contributed by atoms with van der Waals surface area (Å²) >= 11 is 0. The Morgan fingerprint density at radius 1 is 0.781 bits per heavy atom. The Morgan fingerprint density at radius 2 is 1.38 bits per heavy atom. The normalized spacial score (nSPS) is 13.5. The van der Waals surface area contributed by atoms with E-state index in [1.54, 1.807) is 37.3 Å². The zero-order chi connectivity index (χ0) is 22.9. The molecular weight excluding hydrogens is 412 g/mol. The number of rotatable bonds is 9. The van der Waals surface area contributed by atoms with Crippen molar-refractivity contribution in [3.63, 3.8) is 0 Å². The van der Waals surface area contributed by atoms with E-state index in [2.05, 4.69) is 0 Å². The van der Waals surface area contributed by atoms with E-state index in [1.807, 2.05) is 29.2 Å². The van der Waals surface area contributed by atoms with Gasteiger partial charge in [-0.25, -0.2) is 0 Å². The second-order valence-electron chi connectivity index (χ2n) is 7.37. The molecule has 172 valence electrons. The van der Waals surface area contributed by atoms with Crippen LogP contribution in [0.4, 0.5) is 0 Å². The second-order valence-corrected chi connectivity index (χ2v) is 7.37. The molecule has 0 N–H and O–H groups in total. The fourth-order valence-electron chi connectivity index (χ4n) is 3.55. The van der Waals surface area contributed by atoms with Crippen molar-refractivity contribution in [2.75, 3.05) is 54.1 Å². The van der Waals surface area contributed by atoms with Crippen LogP contribution in [0.15, 0.2) is 42.5 Å². The topological polar surface area (TPSA) is 77.5 Å². The zero-order valence-electron chi connectivity index (χ0n) is 18.8. The van der Waals surface area contributed by atoms with E-state index in [4.69, 9.17) is 18.9 Å². The highest BCUT2D eigenvalue weighted by molar-refractivity contribution is 5.97. The van der Waals surface area contributed by atoms with Crippen LogP contribution in [-0.4, -0.2) is 75.7 Å². The minimum absolute atomic E-state index is 0.0810. The van der Waals surface area contributed by atoms with Gasteiger partial charge in [-0.2, -0.15) is 0 Å². The number of hydrogen-bond donors (Lipinski definition) is 0. The van der Waals surface area contributed by atoms with Crippen molar-refractivity contribution in [1.29, 1.82) is 0 Å². The summed E-state index contributed by atoms with van der Waals surface area (Å²) in [6.07, 6.45) is 1.05. The van der Waals surface area contributed by atoms with Crippen LogP contribution >= 0.6 is 0 Å². The van der Waals surface area contributed by atoms with Crippen molar-refractivity contribution in [3.05, 3.63) is 48.0 Å². The van der Waals surface area contributed by atoms with Crippen molar-refractivity contribution in [1.82, 2.24) is 9.80 Å². The van der Waals surface area contributed by atoms with Gasteiger partial charge in [-0.1, -0.05) is 0 Å². The van der Waals surface area contributed by atoms with Crippen LogP contribution in [0.5, 0.6) is 23.0 Å². The van der Waals surface area contributed by atoms with Gasteiger partial charge in [-0.3, -0.25) is 9.59 Å². The molecule has 0 radical (unpaired) electrons. The Balaban J connectivity index is 1.42. The van der Waals surface area contributed by atoms with Crippen molar-refractivity contribution < 1.29 is 28.5 Å². The molecule has 0 aliphatic carbocycles. The number of piperazine rings is 1. The van der Waals surface area contributed by atoms with Gasteiger partial charge in [-0.15, -0.1) is 0 Å². The highest BCUT2D eigenvalue weighted by atomic mass is 16.5. The van der Waals surface area contributed by atoms with Gasteiger partial charge in [0.15, 0.2) is 0 Å². The van der Waals surface area contributed by atoms with Gasteiger partial charge >= 0.3 is 0 Å². The first-order valence-corrected chi connectivity index (χ1v) is 10.6. The van der Waals surface area contributed by atoms with Crippen molar-refractivity contribution in [2.24, 2.45) is 0 Å². The van der Waals surface area contributed by atoms with E-state index >= 15 is 0 Å². The molecule has 2 amide bonds. The molecule has 0 spiro atoms. The van der Waals surface area contributed by atoms with Gasteiger partial charge in [0.05, 0.1) is 33.5 Å². The van der Waals surface area contributed by atoms with Crippen molar-refractivity contribution >= 4 is 11.8 Å². The van der Waals surface area contributed by atoms with Gasteiger partial charge in [0.25, 0.3) is 5.91 Å². The molecule has 2 aromatic rings. The lowest BCUT2D eigenvalue weighted by Gasteiger charge is -2.35. The summed E-state index contributed by atoms with van der Waals surface area (Å²) < 4.78 is 21.3. The van der Waals surface area contributed by atoms with Crippen LogP contribution in [0, 0.1) is 0 Å². The third kappa shape index (κ3) is 5.84. The van der Waals surface area contributed by atoms with Gasteiger partial charge in [0, 0.05) is 38.7 Å². The van der Waals surface area contributed by atoms with E-state index in [0.29, 0.717) is 62.7 Å². The molecule has 0 saturated carbocycles. The summed E-state index contributed by atoms with van der Waals surface area (Å²) in [7, 11) is 4.71. The molecule has 0 atom stereocenters. The van der Waals surface area contributed by atoms with E-state index in [9.17, 15) is 9.59 Å². The number of benzene rings is 2. The Kier molecular flexibility index (Phi) is 8.19. The van der Waals surface area contributed by atoms with Gasteiger partial charge < -0.3 is 28.7 Å². The predicted molar refractivity (Wildman–Crippen MR) is 120 cm³/mol. The fraction of sp³-hybridized carbons (Fsp3) is 0.417. The predicted octanol–water partition coefficient (Wildman–Crippen LogP) is 2.86. The molecule has 3 rings (SSSR count). The van der Waals surface area contributed by atoms with Crippen LogP contribution in [-0.2, 0) is 4.79 Å². The van der Waals surface area contributed by atoms with E-state index < -0.39 is 0 Å². The number of methoxy groups -OCH3 is 3. The average molecular weight is 443 g/mol. The molecule has 1 saturated heterocycles. The summed E-state index contributed by atoms with van der Waals surface area (Å²) in [5.74, 6) is 2.60. The monoisotopic (exact) mass is 442 g/mol. The van der Waals surface area contributed by atoms with Crippen molar-refractivity contribution in [3.8, 4) is 23.0 Å². The van der Waals surface area contributed by atoms with Crippen LogP contribution in [0.1, 0.15) is 23.2 Å². The van der Waals surface area contributed by atoms with E-state index in [1.165, 1.54) is 7.11 Å². The maximum atomic E-state index is 12.9. The van der Waals surface area contributed by atoms with Gasteiger partial charge in [0.2, 0.25) is 5.91 Å². The number of carbonyl (C=O) groups is 2. The number of ether oxygens (including phenoxy) is 4. The molecule has 32 heavy (non-hydrogen) atoms. The van der Waals surface area contributed by atoms with E-state index in [-0.39, 0.29) is 11.8 Å². The summed E-state index contributed by atoms with van der Waals surface area (Å²) in [5, 5.41) is 0. The fourth-order valence-corrected chi connectivity index (χ4v) is 3.55. The molecule has 1 aliphatic rings. The minimum atomic E-state index is -0.107. The Morgan fingerprint density at radius 3 is 2.00 bits per heavy atom. The lowest BCUT2D eigenvalue weighted by molar-refractivity contribution is -0.132. The Labute approximate surface area is 188 Å². The van der Waals surface area contributed by atoms with Crippen LogP contribution in [0.25, 0.3) is 0 Å². The largest absolute Gasteiger partial charge is 0.497 e. The summed E-state index contributed by atoms with van der Waals surface area (Å²) in [6.45, 7) is 2.47. The zero-order valence-corrected chi connectivity index (χ0v) is 18.8. The molecule has 0 aromatic heterocycles. The summed E-state index contributed by atoms with van der Waals surface area (Å²) in [6, 6.07) is 12.5. The molecule has 1 fully saturated rings. The lowest BCUT2D eigenvalue weighted by atomic mass is 10.1. The third-order valence-corrected chi connectivity index (χ3v) is 5.42. The molecule has 1 heterocycles. The first-order valence-electron chi connectivity index (χ1n) is 10.6. The number of nitrogens with zero attached hydrogens (tertiary/aromatic N) is 2. The number of hydrogen-bond acceptors (Lipinski definition) is 6. The summed E-state index contributed by atoms with van der Waals surface area (Å²) in [4.78, 5) is 29.0. The van der Waals surface area contributed by atoms with Gasteiger partial charge in [-0.05, 0) is 42.8 Å². The first kappa shape index (κ1) is 23.2. The Bertz CT molecular complexity index is 907. The maximum absolute atomic E-state index is 12.9. The smallest absolute Gasteiger partial charge is 0.257 e. The number of carbonyl (C=O) groups excluding carboxylic acids is 2. The second kappa shape index (κ2) is 11.3. The van der Waals surface area contributed by atoms with E-state index in [0.717, 1.165) is 11.5 Å². The highest BCUT2D eigenvalue weighted by Crippen LogP contribution is 2.26. The van der Waals surface area contributed by atoms with Crippen LogP contribution in [0.3, 0.4) is 0 Å². The van der Waals surface area contributed by atoms with Crippen LogP contribution < -0.4 is 18.9 Å². The Hall–Kier alpha value is -3.42. The average Bonchev–Trinajstić information content (AvgIpc) is 2.86. The first-order chi connectivity index (χ1) is 15.5. The highest BCUT2D eigenvalue weighted by Gasteiger charge is 2.26. The maximum Gasteiger partial charge on any atom is 0.257 e. The summed E-state index contributed by atoms with van der Waals surface area (Å²) in [5.41, 5.74) is 0.490. The standard InChI is InChI=1S/C24H30N2O6/c1-29-18-6-8-19(9-7-18)32-16-4-5-23(27)25-12-14-26(15-13-25)24(28)21-11-10-20(30-2)17-22(21)31-3/h6-11,17H,4-5,12-16H2,1-3H3. The van der Waals surface area contributed by atoms with Crippen LogP contribution in [0.2, 0.25) is 0 Å². The minimum Gasteiger partial charge on any atom is -0.497 e. The SMILES string of the molecule is COc1ccc(OCCCC(=O)N2CCN(C(=O)c3ccc(OC)cc3OC)CC2)cc1. The molecule has 2 aromatic carbocycles. The molecule has 8 heteroatoms. The van der Waals surface area contributed by atoms with Crippen molar-refractivity contribution in [2.45, 2.75) is 12.8 Å². The number of amides is 2. The molecule has 1 aliphatic heterocycles. The lowest BCUT2D eigenvalue weighted by Crippen LogP contribution is -2.50. The third-order valence-electron chi connectivity index (χ3n) is 5.42. The van der Waals surface area contributed by atoms with Gasteiger partial charge in [0.1, 0.15) is 23.0 Å².